The Morgan fingerprint density at radius 3 is 2.74 bits per heavy atom. The minimum Gasteiger partial charge on any atom is -0.457 e. The highest BCUT2D eigenvalue weighted by Gasteiger charge is 2.33. The van der Waals surface area contributed by atoms with E-state index < -0.39 is 6.10 Å². The molecule has 0 amide bonds. The molecule has 1 aliphatic carbocycles. The summed E-state index contributed by atoms with van der Waals surface area (Å²) in [7, 11) is 0. The van der Waals surface area contributed by atoms with Crippen LogP contribution < -0.4 is 0 Å². The van der Waals surface area contributed by atoms with Crippen molar-refractivity contribution in [2.24, 2.45) is 0 Å². The molecule has 0 fully saturated rings. The fourth-order valence-electron chi connectivity index (χ4n) is 3.39. The zero-order chi connectivity index (χ0) is 16.4. The smallest absolute Gasteiger partial charge is 0.303 e. The molecule has 0 saturated carbocycles. The molecule has 2 atom stereocenters. The summed E-state index contributed by atoms with van der Waals surface area (Å²) in [6.45, 7) is 5.22. The number of carbonyl (C=O) groups excluding carboxylic acids is 1. The van der Waals surface area contributed by atoms with Crippen LogP contribution in [0.5, 0.6) is 0 Å². The summed E-state index contributed by atoms with van der Waals surface area (Å²) in [5, 5.41) is 0. The van der Waals surface area contributed by atoms with Crippen LogP contribution in [0.4, 0.5) is 4.39 Å². The molecule has 0 aliphatic heterocycles. The minimum atomic E-state index is -0.500. The summed E-state index contributed by atoms with van der Waals surface area (Å²) < 4.78 is 19.4. The highest BCUT2D eigenvalue weighted by atomic mass is 19.1. The molecule has 0 unspecified atom stereocenters. The highest BCUT2D eigenvalue weighted by Crippen LogP contribution is 2.43. The summed E-state index contributed by atoms with van der Waals surface area (Å²) in [6.07, 6.45) is 2.68. The predicted octanol–water partition coefficient (Wildman–Crippen LogP) is 4.69. The number of hydrogen-bond donors (Lipinski definition) is 0. The molecule has 3 rings (SSSR count). The summed E-state index contributed by atoms with van der Waals surface area (Å²) in [6, 6.07) is 12.9. The van der Waals surface area contributed by atoms with Crippen LogP contribution in [0.2, 0.25) is 0 Å². The van der Waals surface area contributed by atoms with Crippen molar-refractivity contribution < 1.29 is 13.9 Å². The average molecular weight is 310 g/mol. The van der Waals surface area contributed by atoms with Crippen LogP contribution in [-0.4, -0.2) is 5.97 Å². The van der Waals surface area contributed by atoms with Gasteiger partial charge in [0.2, 0.25) is 0 Å². The van der Waals surface area contributed by atoms with Crippen LogP contribution in [0.15, 0.2) is 55.1 Å². The van der Waals surface area contributed by atoms with Gasteiger partial charge < -0.3 is 4.74 Å². The van der Waals surface area contributed by atoms with Crippen molar-refractivity contribution in [2.75, 3.05) is 0 Å². The summed E-state index contributed by atoms with van der Waals surface area (Å²) in [5.74, 6) is -0.737. The van der Waals surface area contributed by atoms with Crippen molar-refractivity contribution >= 4 is 5.97 Å². The molecular formula is C20H19FO2. The molecule has 1 aliphatic rings. The maximum atomic E-state index is 13.8. The predicted molar refractivity (Wildman–Crippen MR) is 87.7 cm³/mol. The Bertz CT molecular complexity index is 751. The maximum Gasteiger partial charge on any atom is 0.303 e. The molecule has 0 aromatic heterocycles. The Labute approximate surface area is 135 Å². The number of esters is 1. The first-order valence-electron chi connectivity index (χ1n) is 7.74. The number of carbonyl (C=O) groups is 1. The van der Waals surface area contributed by atoms with Gasteiger partial charge in [0.25, 0.3) is 0 Å². The number of halogens is 1. The Hall–Kier alpha value is -2.42. The highest BCUT2D eigenvalue weighted by molar-refractivity contribution is 5.66. The standard InChI is InChI=1S/C20H19FO2/c1-3-6-18-17-8-5-4-7-14(17)11-15-9-10-16(21)12-19(15)20(18)23-13(2)22/h3-5,7-10,12,18,20H,1,6,11H2,2H3/t18-,20+/m1/s1. The Morgan fingerprint density at radius 1 is 1.26 bits per heavy atom. The molecule has 3 heteroatoms. The normalized spacial score (nSPS) is 19.2. The van der Waals surface area contributed by atoms with Gasteiger partial charge in [-0.25, -0.2) is 4.39 Å². The molecule has 2 nitrogen and oxygen atoms in total. The number of benzene rings is 2. The van der Waals surface area contributed by atoms with Gasteiger partial charge in [-0.15, -0.1) is 6.58 Å². The lowest BCUT2D eigenvalue weighted by atomic mass is 9.86. The fourth-order valence-corrected chi connectivity index (χ4v) is 3.39. The summed E-state index contributed by atoms with van der Waals surface area (Å²) in [5.41, 5.74) is 4.07. The van der Waals surface area contributed by atoms with E-state index in [9.17, 15) is 9.18 Å². The van der Waals surface area contributed by atoms with E-state index in [1.165, 1.54) is 24.6 Å². The van der Waals surface area contributed by atoms with E-state index in [1.54, 1.807) is 6.07 Å². The van der Waals surface area contributed by atoms with Crippen molar-refractivity contribution in [2.45, 2.75) is 31.8 Å². The van der Waals surface area contributed by atoms with Crippen molar-refractivity contribution in [3.05, 3.63) is 83.2 Å². The Balaban J connectivity index is 2.21. The average Bonchev–Trinajstić information content (AvgIpc) is 2.64. The Morgan fingerprint density at radius 2 is 2.00 bits per heavy atom. The van der Waals surface area contributed by atoms with Crippen LogP contribution in [-0.2, 0) is 16.0 Å². The summed E-state index contributed by atoms with van der Waals surface area (Å²) in [4.78, 5) is 11.6. The second-order valence-corrected chi connectivity index (χ2v) is 5.88. The largest absolute Gasteiger partial charge is 0.457 e. The van der Waals surface area contributed by atoms with Crippen LogP contribution in [0.3, 0.4) is 0 Å². The van der Waals surface area contributed by atoms with E-state index in [0.29, 0.717) is 12.8 Å². The number of ether oxygens (including phenoxy) is 1. The molecule has 0 bridgehead atoms. The monoisotopic (exact) mass is 310 g/mol. The lowest BCUT2D eigenvalue weighted by Crippen LogP contribution is -2.17. The second kappa shape index (κ2) is 6.37. The number of fused-ring (bicyclic) bond motifs is 2. The molecule has 23 heavy (non-hydrogen) atoms. The molecular weight excluding hydrogens is 291 g/mol. The van der Waals surface area contributed by atoms with E-state index in [2.05, 4.69) is 18.7 Å². The quantitative estimate of drug-likeness (QED) is 0.607. The van der Waals surface area contributed by atoms with Gasteiger partial charge in [-0.05, 0) is 47.2 Å². The van der Waals surface area contributed by atoms with E-state index in [4.69, 9.17) is 4.74 Å². The fraction of sp³-hybridized carbons (Fsp3) is 0.250. The number of allylic oxidation sites excluding steroid dienone is 1. The molecule has 118 valence electrons. The number of rotatable bonds is 3. The minimum absolute atomic E-state index is 0.0596. The number of hydrogen-bond acceptors (Lipinski definition) is 2. The van der Waals surface area contributed by atoms with Crippen molar-refractivity contribution in [1.29, 1.82) is 0 Å². The molecule has 2 aromatic rings. The first kappa shape index (κ1) is 15.5. The lowest BCUT2D eigenvalue weighted by molar-refractivity contribution is -0.148. The molecule has 0 heterocycles. The Kier molecular flexibility index (Phi) is 4.28. The zero-order valence-corrected chi connectivity index (χ0v) is 13.1. The van der Waals surface area contributed by atoms with Gasteiger partial charge in [-0.2, -0.15) is 0 Å². The van der Waals surface area contributed by atoms with Crippen LogP contribution in [0.1, 0.15) is 47.6 Å². The zero-order valence-electron chi connectivity index (χ0n) is 13.1. The van der Waals surface area contributed by atoms with Crippen molar-refractivity contribution in [1.82, 2.24) is 0 Å². The van der Waals surface area contributed by atoms with Crippen molar-refractivity contribution in [3.8, 4) is 0 Å². The third-order valence-electron chi connectivity index (χ3n) is 4.33. The van der Waals surface area contributed by atoms with E-state index in [1.807, 2.05) is 18.2 Å². The van der Waals surface area contributed by atoms with Gasteiger partial charge >= 0.3 is 5.97 Å². The lowest BCUT2D eigenvalue weighted by Gasteiger charge is -2.26. The third kappa shape index (κ3) is 3.04. The van der Waals surface area contributed by atoms with Gasteiger partial charge in [-0.1, -0.05) is 36.4 Å². The molecule has 0 spiro atoms. The topological polar surface area (TPSA) is 26.3 Å². The van der Waals surface area contributed by atoms with E-state index >= 15 is 0 Å². The van der Waals surface area contributed by atoms with Crippen molar-refractivity contribution in [3.63, 3.8) is 0 Å². The second-order valence-electron chi connectivity index (χ2n) is 5.88. The van der Waals surface area contributed by atoms with Gasteiger partial charge in [0.05, 0.1) is 0 Å². The van der Waals surface area contributed by atoms with Gasteiger partial charge in [0.15, 0.2) is 0 Å². The van der Waals surface area contributed by atoms with E-state index in [-0.39, 0.29) is 17.7 Å². The van der Waals surface area contributed by atoms with Gasteiger partial charge in [0, 0.05) is 12.8 Å². The van der Waals surface area contributed by atoms with Crippen LogP contribution >= 0.6 is 0 Å². The van der Waals surface area contributed by atoms with E-state index in [0.717, 1.165) is 16.7 Å². The molecule has 0 saturated heterocycles. The first-order valence-corrected chi connectivity index (χ1v) is 7.74. The first-order chi connectivity index (χ1) is 11.1. The van der Waals surface area contributed by atoms with Crippen LogP contribution in [0.25, 0.3) is 0 Å². The summed E-state index contributed by atoms with van der Waals surface area (Å²) >= 11 is 0. The van der Waals surface area contributed by atoms with Crippen LogP contribution in [0, 0.1) is 5.82 Å². The molecule has 0 radical (unpaired) electrons. The van der Waals surface area contributed by atoms with Gasteiger partial charge in [-0.3, -0.25) is 4.79 Å². The third-order valence-corrected chi connectivity index (χ3v) is 4.33. The SMILES string of the molecule is C=CC[C@@H]1c2ccccc2Cc2ccc(F)cc2[C@H]1OC(C)=O. The maximum absolute atomic E-state index is 13.8. The molecule has 2 aromatic carbocycles. The molecule has 0 N–H and O–H groups in total. The van der Waals surface area contributed by atoms with Gasteiger partial charge in [0.1, 0.15) is 11.9 Å².